The summed E-state index contributed by atoms with van der Waals surface area (Å²) in [6.45, 7) is 5.97. The molecule has 4 aromatic rings. The first-order chi connectivity index (χ1) is 15.0. The van der Waals surface area contributed by atoms with Crippen LogP contribution in [0.1, 0.15) is 32.9 Å². The molecule has 5 heteroatoms. The third-order valence-corrected chi connectivity index (χ3v) is 6.28. The second-order valence-corrected chi connectivity index (χ2v) is 8.45. The molecule has 0 aliphatic heterocycles. The van der Waals surface area contributed by atoms with Gasteiger partial charge in [0.25, 0.3) is 5.91 Å². The predicted molar refractivity (Wildman–Crippen MR) is 127 cm³/mol. The van der Waals surface area contributed by atoms with Gasteiger partial charge >= 0.3 is 0 Å². The summed E-state index contributed by atoms with van der Waals surface area (Å²) in [4.78, 5) is 18.5. The number of amides is 1. The van der Waals surface area contributed by atoms with Gasteiger partial charge in [0.2, 0.25) is 5.89 Å². The number of anilines is 1. The summed E-state index contributed by atoms with van der Waals surface area (Å²) >= 11 is 1.73. The minimum absolute atomic E-state index is 0.135. The van der Waals surface area contributed by atoms with Crippen LogP contribution in [0.3, 0.4) is 0 Å². The number of aryl methyl sites for hydroxylation is 2. The summed E-state index contributed by atoms with van der Waals surface area (Å²) in [5, 5.41) is 2.99. The second-order valence-electron chi connectivity index (χ2n) is 7.40. The van der Waals surface area contributed by atoms with Gasteiger partial charge in [-0.15, -0.1) is 11.8 Å². The van der Waals surface area contributed by atoms with E-state index in [1.165, 1.54) is 4.90 Å². The number of carbonyl (C=O) groups excluding carboxylic acids is 1. The number of aromatic nitrogens is 1. The van der Waals surface area contributed by atoms with Gasteiger partial charge in [0.15, 0.2) is 0 Å². The van der Waals surface area contributed by atoms with E-state index >= 15 is 0 Å². The largest absolute Gasteiger partial charge is 0.441 e. The van der Waals surface area contributed by atoms with Crippen LogP contribution in [-0.2, 0) is 5.75 Å². The summed E-state index contributed by atoms with van der Waals surface area (Å²) in [6, 6.07) is 23.5. The Labute approximate surface area is 186 Å². The maximum atomic E-state index is 12.7. The van der Waals surface area contributed by atoms with Gasteiger partial charge in [-0.2, -0.15) is 0 Å². The number of thioether (sulfide) groups is 1. The lowest BCUT2D eigenvalue weighted by Crippen LogP contribution is -2.12. The van der Waals surface area contributed by atoms with E-state index in [2.05, 4.69) is 22.4 Å². The molecule has 4 rings (SSSR count). The highest BCUT2D eigenvalue weighted by molar-refractivity contribution is 7.98. The van der Waals surface area contributed by atoms with Crippen LogP contribution in [0.25, 0.3) is 11.5 Å². The molecule has 0 aliphatic rings. The first-order valence-electron chi connectivity index (χ1n) is 10.1. The van der Waals surface area contributed by atoms with E-state index in [0.29, 0.717) is 11.5 Å². The zero-order chi connectivity index (χ0) is 21.8. The first kappa shape index (κ1) is 20.9. The highest BCUT2D eigenvalue weighted by atomic mass is 32.2. The number of hydrogen-bond donors (Lipinski definition) is 1. The van der Waals surface area contributed by atoms with E-state index < -0.39 is 0 Å². The SMILES string of the molecule is Cc1cccc(NC(=O)c2ccc(-c3nc(CSc4ccccc4)c(C)o3)cc2)c1C. The van der Waals surface area contributed by atoms with Gasteiger partial charge in [0, 0.05) is 27.5 Å². The number of hydrogen-bond acceptors (Lipinski definition) is 4. The Hall–Kier alpha value is -3.31. The van der Waals surface area contributed by atoms with Crippen molar-refractivity contribution in [3.63, 3.8) is 0 Å². The highest BCUT2D eigenvalue weighted by Crippen LogP contribution is 2.28. The van der Waals surface area contributed by atoms with E-state index in [9.17, 15) is 4.79 Å². The summed E-state index contributed by atoms with van der Waals surface area (Å²) in [5.74, 6) is 2.00. The number of carbonyl (C=O) groups is 1. The number of nitrogens with one attached hydrogen (secondary N) is 1. The Morgan fingerprint density at radius 2 is 1.68 bits per heavy atom. The Morgan fingerprint density at radius 1 is 0.935 bits per heavy atom. The van der Waals surface area contributed by atoms with Gasteiger partial charge in [-0.1, -0.05) is 30.3 Å². The van der Waals surface area contributed by atoms with Crippen molar-refractivity contribution in [1.82, 2.24) is 4.98 Å². The lowest BCUT2D eigenvalue weighted by molar-refractivity contribution is 0.102. The van der Waals surface area contributed by atoms with E-state index in [0.717, 1.165) is 39.6 Å². The number of benzene rings is 3. The van der Waals surface area contributed by atoms with Gasteiger partial charge in [-0.25, -0.2) is 4.98 Å². The molecular weight excluding hydrogens is 404 g/mol. The molecule has 0 saturated carbocycles. The van der Waals surface area contributed by atoms with Crippen LogP contribution in [0, 0.1) is 20.8 Å². The highest BCUT2D eigenvalue weighted by Gasteiger charge is 2.14. The molecule has 0 bridgehead atoms. The van der Waals surface area contributed by atoms with Crippen molar-refractivity contribution in [3.8, 4) is 11.5 Å². The first-order valence-corrected chi connectivity index (χ1v) is 11.1. The van der Waals surface area contributed by atoms with Crippen LogP contribution >= 0.6 is 11.8 Å². The third kappa shape index (κ3) is 4.89. The van der Waals surface area contributed by atoms with Gasteiger partial charge in [-0.3, -0.25) is 4.79 Å². The quantitative estimate of drug-likeness (QED) is 0.343. The van der Waals surface area contributed by atoms with Gasteiger partial charge in [0.1, 0.15) is 5.76 Å². The van der Waals surface area contributed by atoms with Gasteiger partial charge < -0.3 is 9.73 Å². The van der Waals surface area contributed by atoms with Gasteiger partial charge in [-0.05, 0) is 74.4 Å². The van der Waals surface area contributed by atoms with Crippen molar-refractivity contribution in [1.29, 1.82) is 0 Å². The molecule has 4 nitrogen and oxygen atoms in total. The van der Waals surface area contributed by atoms with E-state index in [1.807, 2.05) is 69.3 Å². The molecular formula is C26H24N2O2S. The maximum Gasteiger partial charge on any atom is 0.255 e. The number of rotatable bonds is 6. The number of nitrogens with zero attached hydrogens (tertiary/aromatic N) is 1. The number of oxazole rings is 1. The van der Waals surface area contributed by atoms with Crippen LogP contribution in [0.15, 0.2) is 82.1 Å². The normalized spacial score (nSPS) is 10.8. The topological polar surface area (TPSA) is 55.1 Å². The molecule has 1 amide bonds. The zero-order valence-electron chi connectivity index (χ0n) is 17.8. The summed E-state index contributed by atoms with van der Waals surface area (Å²) in [5.41, 5.74) is 5.42. The minimum atomic E-state index is -0.135. The maximum absolute atomic E-state index is 12.7. The fraction of sp³-hybridized carbons (Fsp3) is 0.154. The summed E-state index contributed by atoms with van der Waals surface area (Å²) in [6.07, 6.45) is 0. The Bertz CT molecular complexity index is 1200. The monoisotopic (exact) mass is 428 g/mol. The smallest absolute Gasteiger partial charge is 0.255 e. The van der Waals surface area contributed by atoms with Crippen molar-refractivity contribution in [3.05, 3.63) is 101 Å². The minimum Gasteiger partial charge on any atom is -0.441 e. The lowest BCUT2D eigenvalue weighted by Gasteiger charge is -2.10. The molecule has 3 aromatic carbocycles. The molecule has 1 heterocycles. The van der Waals surface area contributed by atoms with E-state index in [4.69, 9.17) is 4.42 Å². The lowest BCUT2D eigenvalue weighted by atomic mass is 10.1. The second kappa shape index (κ2) is 9.23. The molecule has 0 radical (unpaired) electrons. The molecule has 0 saturated heterocycles. The van der Waals surface area contributed by atoms with Crippen molar-refractivity contribution in [2.75, 3.05) is 5.32 Å². The van der Waals surface area contributed by atoms with E-state index in [1.54, 1.807) is 23.9 Å². The van der Waals surface area contributed by atoms with Crippen molar-refractivity contribution in [2.24, 2.45) is 0 Å². The van der Waals surface area contributed by atoms with Crippen LogP contribution < -0.4 is 5.32 Å². The molecule has 31 heavy (non-hydrogen) atoms. The molecule has 0 fully saturated rings. The van der Waals surface area contributed by atoms with Crippen LogP contribution in [-0.4, -0.2) is 10.9 Å². The van der Waals surface area contributed by atoms with Crippen molar-refractivity contribution < 1.29 is 9.21 Å². The Kier molecular flexibility index (Phi) is 6.23. The van der Waals surface area contributed by atoms with Crippen LogP contribution in [0.5, 0.6) is 0 Å². The molecule has 0 spiro atoms. The molecule has 1 N–H and O–H groups in total. The third-order valence-electron chi connectivity index (χ3n) is 5.26. The van der Waals surface area contributed by atoms with Gasteiger partial charge in [0.05, 0.1) is 5.69 Å². The molecule has 156 valence electrons. The zero-order valence-corrected chi connectivity index (χ0v) is 18.6. The summed E-state index contributed by atoms with van der Waals surface area (Å²) < 4.78 is 5.89. The van der Waals surface area contributed by atoms with Crippen LogP contribution in [0.2, 0.25) is 0 Å². The fourth-order valence-electron chi connectivity index (χ4n) is 3.20. The van der Waals surface area contributed by atoms with Crippen molar-refractivity contribution in [2.45, 2.75) is 31.4 Å². The predicted octanol–water partition coefficient (Wildman–Crippen LogP) is 6.81. The van der Waals surface area contributed by atoms with Crippen LogP contribution in [0.4, 0.5) is 5.69 Å². The average molecular weight is 429 g/mol. The summed E-state index contributed by atoms with van der Waals surface area (Å²) in [7, 11) is 0. The average Bonchev–Trinajstić information content (AvgIpc) is 3.17. The Morgan fingerprint density at radius 3 is 2.42 bits per heavy atom. The molecule has 0 atom stereocenters. The molecule has 0 aliphatic carbocycles. The fourth-order valence-corrected chi connectivity index (χ4v) is 4.12. The molecule has 1 aromatic heterocycles. The van der Waals surface area contributed by atoms with E-state index in [-0.39, 0.29) is 5.91 Å². The standard InChI is InChI=1S/C26H24N2O2S/c1-17-8-7-11-23(18(17)2)27-25(29)20-12-14-21(15-13-20)26-28-24(19(3)30-26)16-31-22-9-5-4-6-10-22/h4-15H,16H2,1-3H3,(H,27,29). The molecule has 0 unspecified atom stereocenters. The van der Waals surface area contributed by atoms with Crippen molar-refractivity contribution >= 4 is 23.4 Å². The Balaban J connectivity index is 1.45.